The van der Waals surface area contributed by atoms with Crippen LogP contribution in [0.25, 0.3) is 0 Å². The molecule has 0 radical (unpaired) electrons. The Morgan fingerprint density at radius 2 is 1.93 bits per heavy atom. The van der Waals surface area contributed by atoms with Crippen LogP contribution in [-0.4, -0.2) is 62.8 Å². The summed E-state index contributed by atoms with van der Waals surface area (Å²) in [4.78, 5) is 7.30. The zero-order valence-corrected chi connectivity index (χ0v) is 18.2. The average molecular weight is 391 g/mol. The molecule has 0 amide bonds. The highest BCUT2D eigenvalue weighted by atomic mass is 16.5. The number of nitrogens with zero attached hydrogens (tertiary/aromatic N) is 2. The van der Waals surface area contributed by atoms with Gasteiger partial charge < -0.3 is 25.0 Å². The first-order valence-corrected chi connectivity index (χ1v) is 10.6. The second-order valence-electron chi connectivity index (χ2n) is 7.94. The van der Waals surface area contributed by atoms with Crippen LogP contribution in [-0.2, 0) is 0 Å². The minimum Gasteiger partial charge on any atom is -0.497 e. The molecule has 1 heterocycles. The first-order valence-electron chi connectivity index (χ1n) is 10.6. The summed E-state index contributed by atoms with van der Waals surface area (Å²) in [5, 5.41) is 6.97. The number of hydrogen-bond acceptors (Lipinski definition) is 4. The van der Waals surface area contributed by atoms with Crippen molar-refractivity contribution in [1.29, 1.82) is 0 Å². The lowest BCUT2D eigenvalue weighted by Crippen LogP contribution is -2.49. The average Bonchev–Trinajstić information content (AvgIpc) is 2.67. The molecule has 0 spiro atoms. The highest BCUT2D eigenvalue weighted by molar-refractivity contribution is 5.80. The third kappa shape index (κ3) is 7.97. The molecule has 1 fully saturated rings. The smallest absolute Gasteiger partial charge is 0.191 e. The monoisotopic (exact) mass is 390 g/mol. The summed E-state index contributed by atoms with van der Waals surface area (Å²) in [7, 11) is 1.66. The second-order valence-corrected chi connectivity index (χ2v) is 7.94. The first kappa shape index (κ1) is 22.3. The van der Waals surface area contributed by atoms with Gasteiger partial charge in [-0.25, -0.2) is 4.99 Å². The van der Waals surface area contributed by atoms with E-state index in [0.29, 0.717) is 12.6 Å². The van der Waals surface area contributed by atoms with Crippen molar-refractivity contribution in [3.05, 3.63) is 24.3 Å². The topological polar surface area (TPSA) is 58.1 Å². The number of piperidine rings is 1. The number of aliphatic imine (C=N–C) groups is 1. The number of ether oxygens (including phenoxy) is 2. The van der Waals surface area contributed by atoms with Crippen LogP contribution in [0.15, 0.2) is 29.3 Å². The summed E-state index contributed by atoms with van der Waals surface area (Å²) in [6.07, 6.45) is 2.30. The third-order valence-corrected chi connectivity index (χ3v) is 4.78. The van der Waals surface area contributed by atoms with Crippen LogP contribution in [0.2, 0.25) is 0 Å². The summed E-state index contributed by atoms with van der Waals surface area (Å²) in [6, 6.07) is 8.17. The van der Waals surface area contributed by atoms with Gasteiger partial charge in [0.1, 0.15) is 17.6 Å². The molecule has 0 aromatic heterocycles. The normalized spacial score (nSPS) is 17.4. The van der Waals surface area contributed by atoms with Crippen LogP contribution in [0.5, 0.6) is 11.5 Å². The van der Waals surface area contributed by atoms with Gasteiger partial charge in [-0.2, -0.15) is 0 Å². The van der Waals surface area contributed by atoms with Crippen molar-refractivity contribution in [3.8, 4) is 11.5 Å². The Hall–Kier alpha value is -1.95. The van der Waals surface area contributed by atoms with Gasteiger partial charge in [-0.3, -0.25) is 0 Å². The van der Waals surface area contributed by atoms with E-state index in [2.05, 4.69) is 36.3 Å². The van der Waals surface area contributed by atoms with Crippen molar-refractivity contribution >= 4 is 5.96 Å². The molecule has 1 unspecified atom stereocenters. The molecule has 0 bridgehead atoms. The van der Waals surface area contributed by atoms with Crippen molar-refractivity contribution in [2.45, 2.75) is 52.7 Å². The van der Waals surface area contributed by atoms with Gasteiger partial charge in [-0.05, 0) is 44.7 Å². The summed E-state index contributed by atoms with van der Waals surface area (Å²) >= 11 is 0. The van der Waals surface area contributed by atoms with E-state index in [0.717, 1.165) is 55.9 Å². The van der Waals surface area contributed by atoms with Crippen molar-refractivity contribution in [1.82, 2.24) is 15.5 Å². The molecular formula is C22H38N4O2. The Labute approximate surface area is 170 Å². The van der Waals surface area contributed by atoms with Crippen LogP contribution >= 0.6 is 0 Å². The minimum absolute atomic E-state index is 0.0181. The van der Waals surface area contributed by atoms with Gasteiger partial charge in [-0.15, -0.1) is 0 Å². The zero-order chi connectivity index (χ0) is 20.4. The Balaban J connectivity index is 1.82. The molecule has 1 aromatic carbocycles. The lowest BCUT2D eigenvalue weighted by molar-refractivity contribution is 0.186. The molecule has 6 heteroatoms. The summed E-state index contributed by atoms with van der Waals surface area (Å²) in [5.74, 6) is 3.21. The van der Waals surface area contributed by atoms with Crippen LogP contribution in [0.1, 0.15) is 40.5 Å². The highest BCUT2D eigenvalue weighted by Crippen LogP contribution is 2.20. The molecule has 2 rings (SSSR count). The minimum atomic E-state index is -0.0181. The SMILES string of the molecule is CCNC(=NCC(C)Oc1cccc(OC)c1)NC1CCN(CC(C)C)CC1. The van der Waals surface area contributed by atoms with Crippen molar-refractivity contribution in [3.63, 3.8) is 0 Å². The number of hydrogen-bond donors (Lipinski definition) is 2. The van der Waals surface area contributed by atoms with Gasteiger partial charge in [0, 0.05) is 38.3 Å². The van der Waals surface area contributed by atoms with Gasteiger partial charge in [0.2, 0.25) is 0 Å². The molecule has 2 N–H and O–H groups in total. The Morgan fingerprint density at radius 1 is 1.21 bits per heavy atom. The van der Waals surface area contributed by atoms with E-state index < -0.39 is 0 Å². The first-order chi connectivity index (χ1) is 13.5. The molecule has 1 aliphatic rings. The molecule has 0 saturated carbocycles. The van der Waals surface area contributed by atoms with Crippen molar-refractivity contribution in [2.75, 3.05) is 39.8 Å². The summed E-state index contributed by atoms with van der Waals surface area (Å²) < 4.78 is 11.2. The maximum atomic E-state index is 5.98. The highest BCUT2D eigenvalue weighted by Gasteiger charge is 2.20. The quantitative estimate of drug-likeness (QED) is 0.501. The van der Waals surface area contributed by atoms with E-state index in [1.807, 2.05) is 31.2 Å². The summed E-state index contributed by atoms with van der Waals surface area (Å²) in [5.41, 5.74) is 0. The molecule has 6 nitrogen and oxygen atoms in total. The Bertz CT molecular complexity index is 598. The van der Waals surface area contributed by atoms with Crippen LogP contribution < -0.4 is 20.1 Å². The number of rotatable bonds is 9. The predicted octanol–water partition coefficient (Wildman–Crippen LogP) is 3.14. The van der Waals surface area contributed by atoms with E-state index in [1.165, 1.54) is 6.54 Å². The van der Waals surface area contributed by atoms with E-state index in [4.69, 9.17) is 14.5 Å². The molecule has 158 valence electrons. The fourth-order valence-corrected chi connectivity index (χ4v) is 3.45. The van der Waals surface area contributed by atoms with Gasteiger partial charge in [0.15, 0.2) is 5.96 Å². The van der Waals surface area contributed by atoms with E-state index in [1.54, 1.807) is 7.11 Å². The Kier molecular flexibility index (Phi) is 9.41. The second kappa shape index (κ2) is 11.8. The van der Waals surface area contributed by atoms with Crippen LogP contribution in [0.4, 0.5) is 0 Å². The van der Waals surface area contributed by atoms with E-state index >= 15 is 0 Å². The number of likely N-dealkylation sites (tertiary alicyclic amines) is 1. The fourth-order valence-electron chi connectivity index (χ4n) is 3.45. The van der Waals surface area contributed by atoms with Crippen molar-refractivity contribution < 1.29 is 9.47 Å². The third-order valence-electron chi connectivity index (χ3n) is 4.78. The van der Waals surface area contributed by atoms with Crippen LogP contribution in [0, 0.1) is 5.92 Å². The van der Waals surface area contributed by atoms with Crippen LogP contribution in [0.3, 0.4) is 0 Å². The molecule has 1 aliphatic heterocycles. The van der Waals surface area contributed by atoms with Gasteiger partial charge in [-0.1, -0.05) is 19.9 Å². The van der Waals surface area contributed by atoms with Crippen molar-refractivity contribution in [2.24, 2.45) is 10.9 Å². The largest absolute Gasteiger partial charge is 0.497 e. The lowest BCUT2D eigenvalue weighted by Gasteiger charge is -2.34. The number of nitrogens with one attached hydrogen (secondary N) is 2. The molecule has 28 heavy (non-hydrogen) atoms. The Morgan fingerprint density at radius 3 is 2.57 bits per heavy atom. The maximum Gasteiger partial charge on any atom is 0.191 e. The summed E-state index contributed by atoms with van der Waals surface area (Å²) in [6.45, 7) is 13.7. The molecule has 0 aliphatic carbocycles. The predicted molar refractivity (Wildman–Crippen MR) is 116 cm³/mol. The van der Waals surface area contributed by atoms with E-state index in [9.17, 15) is 0 Å². The fraction of sp³-hybridized carbons (Fsp3) is 0.682. The van der Waals surface area contributed by atoms with Gasteiger partial charge in [0.05, 0.1) is 13.7 Å². The molecular weight excluding hydrogens is 352 g/mol. The number of methoxy groups -OCH3 is 1. The standard InChI is InChI=1S/C22H38N4O2/c1-6-23-22(25-19-10-12-26(13-11-19)16-17(2)3)24-15-18(4)28-21-9-7-8-20(14-21)27-5/h7-9,14,17-19H,6,10-13,15-16H2,1-5H3,(H2,23,24,25). The molecule has 1 atom stereocenters. The van der Waals surface area contributed by atoms with E-state index in [-0.39, 0.29) is 6.10 Å². The zero-order valence-electron chi connectivity index (χ0n) is 18.2. The lowest BCUT2D eigenvalue weighted by atomic mass is 10.0. The van der Waals surface area contributed by atoms with Gasteiger partial charge >= 0.3 is 0 Å². The van der Waals surface area contributed by atoms with Gasteiger partial charge in [0.25, 0.3) is 0 Å². The number of guanidine groups is 1. The molecule has 1 aromatic rings. The number of benzene rings is 1. The molecule has 1 saturated heterocycles. The maximum absolute atomic E-state index is 5.98.